The lowest BCUT2D eigenvalue weighted by Crippen LogP contribution is -2.33. The van der Waals surface area contributed by atoms with E-state index in [9.17, 15) is 0 Å². The summed E-state index contributed by atoms with van der Waals surface area (Å²) in [5.74, 6) is 0.0613. The summed E-state index contributed by atoms with van der Waals surface area (Å²) < 4.78 is 9.80. The molecule has 58 valence electrons. The maximum Gasteiger partial charge on any atom is 0.162 e. The van der Waals surface area contributed by atoms with Crippen LogP contribution in [0.3, 0.4) is 0 Å². The monoisotopic (exact) mass is 144 g/mol. The lowest BCUT2D eigenvalue weighted by atomic mass is 10.1. The zero-order valence-electron chi connectivity index (χ0n) is 5.82. The molecule has 0 radical (unpaired) electrons. The first-order valence-corrected chi connectivity index (χ1v) is 3.33. The molecule has 1 heterocycles. The SMILES string of the molecule is C=CC[C@H]1COCOC1O. The first kappa shape index (κ1) is 7.72. The van der Waals surface area contributed by atoms with Crippen LogP contribution in [0.5, 0.6) is 0 Å². The van der Waals surface area contributed by atoms with Crippen LogP contribution in [-0.2, 0) is 9.47 Å². The molecule has 10 heavy (non-hydrogen) atoms. The summed E-state index contributed by atoms with van der Waals surface area (Å²) in [7, 11) is 0. The van der Waals surface area contributed by atoms with E-state index in [-0.39, 0.29) is 12.7 Å². The number of hydrogen-bond acceptors (Lipinski definition) is 3. The number of hydrogen-bond donors (Lipinski definition) is 1. The van der Waals surface area contributed by atoms with Crippen LogP contribution in [-0.4, -0.2) is 24.8 Å². The zero-order chi connectivity index (χ0) is 7.40. The van der Waals surface area contributed by atoms with Gasteiger partial charge in [-0.2, -0.15) is 0 Å². The Morgan fingerprint density at radius 1 is 1.70 bits per heavy atom. The lowest BCUT2D eigenvalue weighted by molar-refractivity contribution is -0.244. The van der Waals surface area contributed by atoms with Crippen molar-refractivity contribution in [3.8, 4) is 0 Å². The van der Waals surface area contributed by atoms with Crippen molar-refractivity contribution in [3.63, 3.8) is 0 Å². The molecule has 1 N–H and O–H groups in total. The third kappa shape index (κ3) is 1.80. The van der Waals surface area contributed by atoms with Crippen LogP contribution >= 0.6 is 0 Å². The van der Waals surface area contributed by atoms with Crippen molar-refractivity contribution in [3.05, 3.63) is 12.7 Å². The van der Waals surface area contributed by atoms with Crippen molar-refractivity contribution in [2.45, 2.75) is 12.7 Å². The Kier molecular flexibility index (Phi) is 2.86. The number of aliphatic hydroxyl groups excluding tert-OH is 1. The van der Waals surface area contributed by atoms with Gasteiger partial charge >= 0.3 is 0 Å². The van der Waals surface area contributed by atoms with E-state index in [2.05, 4.69) is 6.58 Å². The molecule has 1 fully saturated rings. The molecule has 1 saturated heterocycles. The minimum Gasteiger partial charge on any atom is -0.368 e. The Morgan fingerprint density at radius 3 is 3.10 bits per heavy atom. The van der Waals surface area contributed by atoms with Gasteiger partial charge in [0.1, 0.15) is 6.79 Å². The van der Waals surface area contributed by atoms with Crippen molar-refractivity contribution in [2.75, 3.05) is 13.4 Å². The molecule has 0 aromatic rings. The van der Waals surface area contributed by atoms with E-state index >= 15 is 0 Å². The molecule has 1 aliphatic heterocycles. The number of rotatable bonds is 2. The fraction of sp³-hybridized carbons (Fsp3) is 0.714. The Morgan fingerprint density at radius 2 is 2.50 bits per heavy atom. The number of aliphatic hydroxyl groups is 1. The lowest BCUT2D eigenvalue weighted by Gasteiger charge is -2.26. The minimum absolute atomic E-state index is 0.0613. The highest BCUT2D eigenvalue weighted by atomic mass is 16.7. The Labute approximate surface area is 60.3 Å². The minimum atomic E-state index is -0.674. The number of allylic oxidation sites excluding steroid dienone is 1. The first-order valence-electron chi connectivity index (χ1n) is 3.33. The predicted molar refractivity (Wildman–Crippen MR) is 36.2 cm³/mol. The molecular formula is C7H12O3. The second kappa shape index (κ2) is 3.71. The molecular weight excluding hydrogens is 132 g/mol. The molecule has 0 aromatic carbocycles. The van der Waals surface area contributed by atoms with Gasteiger partial charge in [0, 0.05) is 5.92 Å². The van der Waals surface area contributed by atoms with Crippen LogP contribution in [0.15, 0.2) is 12.7 Å². The van der Waals surface area contributed by atoms with Crippen LogP contribution in [0, 0.1) is 5.92 Å². The summed E-state index contributed by atoms with van der Waals surface area (Å²) in [6, 6.07) is 0. The molecule has 1 rings (SSSR count). The summed E-state index contributed by atoms with van der Waals surface area (Å²) in [4.78, 5) is 0. The molecule has 0 amide bonds. The van der Waals surface area contributed by atoms with Crippen molar-refractivity contribution in [1.29, 1.82) is 0 Å². The summed E-state index contributed by atoms with van der Waals surface area (Å²) >= 11 is 0. The van der Waals surface area contributed by atoms with Gasteiger partial charge in [0.2, 0.25) is 0 Å². The summed E-state index contributed by atoms with van der Waals surface area (Å²) in [6.45, 7) is 4.33. The average Bonchev–Trinajstić information content (AvgIpc) is 1.94. The summed E-state index contributed by atoms with van der Waals surface area (Å²) in [6.07, 6.45) is 1.82. The number of ether oxygens (including phenoxy) is 2. The van der Waals surface area contributed by atoms with Gasteiger partial charge in [-0.05, 0) is 6.42 Å². The molecule has 1 aliphatic rings. The largest absolute Gasteiger partial charge is 0.368 e. The van der Waals surface area contributed by atoms with Crippen LogP contribution in [0.4, 0.5) is 0 Å². The summed E-state index contributed by atoms with van der Waals surface area (Å²) in [5.41, 5.74) is 0. The molecule has 0 saturated carbocycles. The fourth-order valence-corrected chi connectivity index (χ4v) is 0.934. The van der Waals surface area contributed by atoms with Crippen LogP contribution < -0.4 is 0 Å². The molecule has 2 atom stereocenters. The van der Waals surface area contributed by atoms with Crippen molar-refractivity contribution in [1.82, 2.24) is 0 Å². The highest BCUT2D eigenvalue weighted by molar-refractivity contribution is 4.75. The van der Waals surface area contributed by atoms with E-state index in [1.165, 1.54) is 0 Å². The topological polar surface area (TPSA) is 38.7 Å². The highest BCUT2D eigenvalue weighted by Gasteiger charge is 2.22. The second-order valence-corrected chi connectivity index (χ2v) is 2.33. The van der Waals surface area contributed by atoms with E-state index in [1.54, 1.807) is 6.08 Å². The van der Waals surface area contributed by atoms with Gasteiger partial charge in [0.25, 0.3) is 0 Å². The van der Waals surface area contributed by atoms with E-state index in [0.717, 1.165) is 6.42 Å². The van der Waals surface area contributed by atoms with Gasteiger partial charge in [0.15, 0.2) is 6.29 Å². The predicted octanol–water partition coefficient (Wildman–Crippen LogP) is 0.501. The molecule has 0 aliphatic carbocycles. The first-order chi connectivity index (χ1) is 4.84. The molecule has 1 unspecified atom stereocenters. The smallest absolute Gasteiger partial charge is 0.162 e. The molecule has 0 spiro atoms. The van der Waals surface area contributed by atoms with Gasteiger partial charge in [-0.3, -0.25) is 0 Å². The second-order valence-electron chi connectivity index (χ2n) is 2.33. The maximum atomic E-state index is 9.15. The van der Waals surface area contributed by atoms with Crippen LogP contribution in [0.2, 0.25) is 0 Å². The van der Waals surface area contributed by atoms with Gasteiger partial charge in [-0.15, -0.1) is 6.58 Å². The van der Waals surface area contributed by atoms with Gasteiger partial charge in [-0.1, -0.05) is 6.08 Å². The van der Waals surface area contributed by atoms with Crippen LogP contribution in [0.1, 0.15) is 6.42 Å². The molecule has 0 bridgehead atoms. The zero-order valence-corrected chi connectivity index (χ0v) is 5.82. The van der Waals surface area contributed by atoms with E-state index in [1.807, 2.05) is 0 Å². The van der Waals surface area contributed by atoms with Gasteiger partial charge < -0.3 is 14.6 Å². The van der Waals surface area contributed by atoms with E-state index in [0.29, 0.717) is 6.61 Å². The average molecular weight is 144 g/mol. The molecule has 0 aromatic heterocycles. The van der Waals surface area contributed by atoms with E-state index < -0.39 is 6.29 Å². The Bertz CT molecular complexity index is 113. The highest BCUT2D eigenvalue weighted by Crippen LogP contribution is 2.15. The van der Waals surface area contributed by atoms with Crippen molar-refractivity contribution >= 4 is 0 Å². The van der Waals surface area contributed by atoms with Gasteiger partial charge in [-0.25, -0.2) is 0 Å². The Balaban J connectivity index is 2.32. The molecule has 3 nitrogen and oxygen atoms in total. The third-order valence-corrected chi connectivity index (χ3v) is 1.53. The van der Waals surface area contributed by atoms with Crippen molar-refractivity contribution in [2.24, 2.45) is 5.92 Å². The fourth-order valence-electron chi connectivity index (χ4n) is 0.934. The normalized spacial score (nSPS) is 33.7. The third-order valence-electron chi connectivity index (χ3n) is 1.53. The van der Waals surface area contributed by atoms with Crippen molar-refractivity contribution < 1.29 is 14.6 Å². The molecule has 3 heteroatoms. The maximum absolute atomic E-state index is 9.15. The standard InChI is InChI=1S/C7H12O3/c1-2-3-6-4-9-5-10-7(6)8/h2,6-8H,1,3-5H2/t6-,7?/m0/s1. The van der Waals surface area contributed by atoms with E-state index in [4.69, 9.17) is 14.6 Å². The summed E-state index contributed by atoms with van der Waals surface area (Å²) in [5, 5.41) is 9.15. The van der Waals surface area contributed by atoms with Gasteiger partial charge in [0.05, 0.1) is 6.61 Å². The van der Waals surface area contributed by atoms with Crippen LogP contribution in [0.25, 0.3) is 0 Å². The quantitative estimate of drug-likeness (QED) is 0.573. The Hall–Kier alpha value is -0.380.